The topological polar surface area (TPSA) is 0 Å². The van der Waals surface area contributed by atoms with Crippen LogP contribution in [0.3, 0.4) is 0 Å². The van der Waals surface area contributed by atoms with Crippen molar-refractivity contribution in [1.29, 1.82) is 0 Å². The molecule has 0 amide bonds. The van der Waals surface area contributed by atoms with Gasteiger partial charge in [-0.3, -0.25) is 0 Å². The molecule has 2 radical (unpaired) electrons. The second kappa shape index (κ2) is 10.2. The van der Waals surface area contributed by atoms with E-state index in [9.17, 15) is 0 Å². The van der Waals surface area contributed by atoms with E-state index in [-0.39, 0.29) is 0 Å². The third-order valence-corrected chi connectivity index (χ3v) is 9.32. The Morgan fingerprint density at radius 2 is 0.917 bits per heavy atom. The number of unbranched alkanes of at least 4 members (excludes halogenated alkanes) is 1. The van der Waals surface area contributed by atoms with E-state index in [0.717, 1.165) is 23.2 Å². The van der Waals surface area contributed by atoms with Gasteiger partial charge in [0.25, 0.3) is 0 Å². The van der Waals surface area contributed by atoms with Crippen LogP contribution in [0.15, 0.2) is 0 Å². The van der Waals surface area contributed by atoms with Crippen LogP contribution in [0.4, 0.5) is 0 Å². The van der Waals surface area contributed by atoms with E-state index in [1.165, 1.54) is 52.6 Å². The molecule has 0 aromatic heterocycles. The van der Waals surface area contributed by atoms with Gasteiger partial charge in [-0.1, -0.05) is 0 Å². The maximum atomic E-state index is 1.62. The summed E-state index contributed by atoms with van der Waals surface area (Å²) in [6.45, 7) is 0. The molecule has 3 fully saturated rings. The fourth-order valence-electron chi connectivity index (χ4n) is 7.11. The van der Waals surface area contributed by atoms with Crippen LogP contribution in [-0.2, 0) is 0 Å². The van der Waals surface area contributed by atoms with Crippen LogP contribution in [0.25, 0.3) is 0 Å². The molecule has 1 heteroatoms. The van der Waals surface area contributed by atoms with Crippen molar-refractivity contribution in [3.8, 4) is 0 Å². The van der Waals surface area contributed by atoms with Gasteiger partial charge >= 0.3 is 166 Å². The molecule has 0 aliphatic heterocycles. The molecule has 24 heavy (non-hydrogen) atoms. The molecule has 0 atom stereocenters. The average molecular weight is 437 g/mol. The SMILES string of the molecule is [SnH][CH2]CCCC(C1CCCCC1)(C1CCCCC1)C1CCCCC1. The zero-order valence-corrected chi connectivity index (χ0v) is 19.5. The predicted molar refractivity (Wildman–Crippen MR) is 108 cm³/mol. The molecular weight excluding hydrogens is 395 g/mol. The first-order valence-electron chi connectivity index (χ1n) is 11.6. The Balaban J connectivity index is 1.86. The van der Waals surface area contributed by atoms with Crippen molar-refractivity contribution in [2.75, 3.05) is 0 Å². The monoisotopic (exact) mass is 438 g/mol. The summed E-state index contributed by atoms with van der Waals surface area (Å²) in [5.41, 5.74) is 0.775. The van der Waals surface area contributed by atoms with Gasteiger partial charge in [0.2, 0.25) is 0 Å². The molecule has 3 aliphatic carbocycles. The van der Waals surface area contributed by atoms with E-state index in [4.69, 9.17) is 0 Å². The Bertz CT molecular complexity index is 286. The first kappa shape index (κ1) is 19.6. The zero-order valence-electron chi connectivity index (χ0n) is 16.2. The summed E-state index contributed by atoms with van der Waals surface area (Å²) >= 11 is 1.48. The van der Waals surface area contributed by atoms with E-state index in [1.807, 2.05) is 0 Å². The standard InChI is InChI=1S/C23H41.Sn.H/c1-2-3-19-23(20-13-7-4-8-14-20,21-15-9-5-10-16-21)22-17-11-6-12-18-22;;/h20-22H,1-19H2;;. The molecule has 3 aliphatic rings. The Kier molecular flexibility index (Phi) is 8.32. The average Bonchev–Trinajstić information content (AvgIpc) is 2.68. The number of hydrogen-bond acceptors (Lipinski definition) is 0. The molecule has 0 saturated heterocycles. The van der Waals surface area contributed by atoms with Gasteiger partial charge in [-0.05, 0) is 0 Å². The summed E-state index contributed by atoms with van der Waals surface area (Å²) in [7, 11) is 0. The fraction of sp³-hybridized carbons (Fsp3) is 1.00. The van der Waals surface area contributed by atoms with Gasteiger partial charge < -0.3 is 0 Å². The van der Waals surface area contributed by atoms with Crippen molar-refractivity contribution in [1.82, 2.24) is 0 Å². The molecule has 0 unspecified atom stereocenters. The van der Waals surface area contributed by atoms with E-state index in [2.05, 4.69) is 0 Å². The predicted octanol–water partition coefficient (Wildman–Crippen LogP) is 7.20. The van der Waals surface area contributed by atoms with Crippen molar-refractivity contribution in [3.05, 3.63) is 0 Å². The van der Waals surface area contributed by atoms with Crippen molar-refractivity contribution >= 4 is 22.5 Å². The van der Waals surface area contributed by atoms with Gasteiger partial charge in [0, 0.05) is 0 Å². The summed E-state index contributed by atoms with van der Waals surface area (Å²) in [6.07, 6.45) is 28.1. The molecule has 0 bridgehead atoms. The van der Waals surface area contributed by atoms with Crippen LogP contribution in [0.1, 0.15) is 116 Å². The van der Waals surface area contributed by atoms with Crippen molar-refractivity contribution in [2.45, 2.75) is 120 Å². The third-order valence-electron chi connectivity index (χ3n) is 8.16. The van der Waals surface area contributed by atoms with Crippen LogP contribution in [0.2, 0.25) is 4.44 Å². The quantitative estimate of drug-likeness (QED) is 0.292. The molecule has 0 heterocycles. The van der Waals surface area contributed by atoms with Gasteiger partial charge in [0.15, 0.2) is 0 Å². The van der Waals surface area contributed by atoms with Gasteiger partial charge in [0.1, 0.15) is 0 Å². The summed E-state index contributed by atoms with van der Waals surface area (Å²) in [5.74, 6) is 3.31. The molecule has 0 aromatic rings. The van der Waals surface area contributed by atoms with Gasteiger partial charge in [-0.2, -0.15) is 0 Å². The minimum atomic E-state index is 0.775. The number of rotatable bonds is 7. The molecule has 0 nitrogen and oxygen atoms in total. The van der Waals surface area contributed by atoms with E-state index in [1.54, 1.807) is 89.9 Å². The van der Waals surface area contributed by atoms with Crippen LogP contribution in [0, 0.1) is 23.2 Å². The maximum absolute atomic E-state index is 1.62. The molecule has 0 N–H and O–H groups in total. The third kappa shape index (κ3) is 4.55. The van der Waals surface area contributed by atoms with E-state index >= 15 is 0 Å². The van der Waals surface area contributed by atoms with Gasteiger partial charge in [0.05, 0.1) is 0 Å². The van der Waals surface area contributed by atoms with Crippen LogP contribution in [0.5, 0.6) is 0 Å². The van der Waals surface area contributed by atoms with Crippen LogP contribution in [-0.4, -0.2) is 22.5 Å². The van der Waals surface area contributed by atoms with Crippen molar-refractivity contribution in [2.24, 2.45) is 23.2 Å². The Morgan fingerprint density at radius 1 is 0.542 bits per heavy atom. The van der Waals surface area contributed by atoms with Crippen LogP contribution >= 0.6 is 0 Å². The molecular formula is C23H42Sn. The Morgan fingerprint density at radius 3 is 1.25 bits per heavy atom. The Hall–Kier alpha value is 0.799. The number of hydrogen-bond donors (Lipinski definition) is 0. The van der Waals surface area contributed by atoms with Gasteiger partial charge in [-0.25, -0.2) is 0 Å². The van der Waals surface area contributed by atoms with Crippen LogP contribution < -0.4 is 0 Å². The summed E-state index contributed by atoms with van der Waals surface area (Å²) in [5, 5.41) is 0. The fourth-order valence-corrected chi connectivity index (χ4v) is 7.93. The Labute approximate surface area is 165 Å². The van der Waals surface area contributed by atoms with E-state index in [0.29, 0.717) is 0 Å². The van der Waals surface area contributed by atoms with Crippen molar-refractivity contribution < 1.29 is 0 Å². The second-order valence-corrected chi connectivity index (χ2v) is 11.0. The molecule has 0 aromatic carbocycles. The normalized spacial score (nSPS) is 25.9. The van der Waals surface area contributed by atoms with Crippen molar-refractivity contribution in [3.63, 3.8) is 0 Å². The zero-order chi connectivity index (χ0) is 16.7. The summed E-state index contributed by atoms with van der Waals surface area (Å²) in [6, 6.07) is 0. The van der Waals surface area contributed by atoms with E-state index < -0.39 is 0 Å². The minimum absolute atomic E-state index is 0.775. The first-order chi connectivity index (χ1) is 11.9. The summed E-state index contributed by atoms with van der Waals surface area (Å²) < 4.78 is 1.53. The molecule has 138 valence electrons. The molecule has 0 spiro atoms. The second-order valence-electron chi connectivity index (χ2n) is 9.36. The molecule has 3 saturated carbocycles. The summed E-state index contributed by atoms with van der Waals surface area (Å²) in [4.78, 5) is 0. The molecule has 3 rings (SSSR count). The first-order valence-corrected chi connectivity index (χ1v) is 13.9. The van der Waals surface area contributed by atoms with Gasteiger partial charge in [-0.15, -0.1) is 0 Å².